The van der Waals surface area contributed by atoms with Crippen LogP contribution in [0.3, 0.4) is 0 Å². The fraction of sp³-hybridized carbons (Fsp3) is 0.200. The second kappa shape index (κ2) is 6.06. The summed E-state index contributed by atoms with van der Waals surface area (Å²) >= 11 is 0. The fourth-order valence-electron chi connectivity index (χ4n) is 1.69. The highest BCUT2D eigenvalue weighted by Crippen LogP contribution is 2.10. The third-order valence-corrected chi connectivity index (χ3v) is 2.73. The van der Waals surface area contributed by atoms with Crippen LogP contribution in [0, 0.1) is 6.92 Å². The molecule has 2 aromatic rings. The number of amides is 1. The summed E-state index contributed by atoms with van der Waals surface area (Å²) in [5, 5.41) is 2.71. The molecule has 5 heteroatoms. The number of pyridine rings is 1. The number of benzene rings is 1. The van der Waals surface area contributed by atoms with Crippen LogP contribution < -0.4 is 15.5 Å². The number of ether oxygens (including phenoxy) is 1. The van der Waals surface area contributed by atoms with Crippen LogP contribution in [0.15, 0.2) is 41.3 Å². The predicted octanol–water partition coefficient (Wildman–Crippen LogP) is 2.33. The number of H-pyrrole nitrogens is 1. The van der Waals surface area contributed by atoms with E-state index in [0.717, 1.165) is 5.56 Å². The van der Waals surface area contributed by atoms with Gasteiger partial charge in [0.15, 0.2) is 5.75 Å². The zero-order chi connectivity index (χ0) is 14.5. The quantitative estimate of drug-likeness (QED) is 0.897. The number of carbonyl (C=O) groups excluding carboxylic acids is 1. The molecule has 0 atom stereocenters. The third kappa shape index (κ3) is 3.26. The van der Waals surface area contributed by atoms with Gasteiger partial charge in [-0.1, -0.05) is 17.7 Å². The number of aromatic amines is 1. The largest absolute Gasteiger partial charge is 0.488 e. The van der Waals surface area contributed by atoms with Crippen molar-refractivity contribution in [2.24, 2.45) is 0 Å². The molecule has 0 unspecified atom stereocenters. The summed E-state index contributed by atoms with van der Waals surface area (Å²) in [5.74, 6) is -0.159. The molecule has 104 valence electrons. The summed E-state index contributed by atoms with van der Waals surface area (Å²) in [7, 11) is 0. The Labute approximate surface area is 116 Å². The van der Waals surface area contributed by atoms with Crippen molar-refractivity contribution in [2.45, 2.75) is 13.8 Å². The lowest BCUT2D eigenvalue weighted by atomic mass is 10.2. The number of aromatic nitrogens is 1. The maximum Gasteiger partial charge on any atom is 0.272 e. The van der Waals surface area contributed by atoms with Gasteiger partial charge in [0, 0.05) is 18.0 Å². The molecule has 1 heterocycles. The first-order valence-corrected chi connectivity index (χ1v) is 6.33. The van der Waals surface area contributed by atoms with Gasteiger partial charge in [-0.3, -0.25) is 9.59 Å². The molecule has 0 aliphatic rings. The average Bonchev–Trinajstić information content (AvgIpc) is 2.44. The molecule has 2 rings (SSSR count). The zero-order valence-corrected chi connectivity index (χ0v) is 11.4. The average molecular weight is 272 g/mol. The van der Waals surface area contributed by atoms with E-state index in [-0.39, 0.29) is 22.8 Å². The van der Waals surface area contributed by atoms with E-state index in [2.05, 4.69) is 10.3 Å². The van der Waals surface area contributed by atoms with E-state index in [1.54, 1.807) is 19.1 Å². The van der Waals surface area contributed by atoms with Gasteiger partial charge < -0.3 is 15.0 Å². The summed E-state index contributed by atoms with van der Waals surface area (Å²) < 4.78 is 5.13. The van der Waals surface area contributed by atoms with Crippen molar-refractivity contribution in [3.05, 3.63) is 58.0 Å². The number of anilines is 1. The molecule has 5 nitrogen and oxygen atoms in total. The third-order valence-electron chi connectivity index (χ3n) is 2.73. The van der Waals surface area contributed by atoms with Gasteiger partial charge in [0.1, 0.15) is 5.69 Å². The SMILES string of the molecule is CCOc1c[nH]c(C(=O)Nc2ccc(C)cc2)cc1=O. The molecule has 0 fully saturated rings. The van der Waals surface area contributed by atoms with Crippen molar-refractivity contribution in [3.8, 4) is 5.75 Å². The Morgan fingerprint density at radius 3 is 2.60 bits per heavy atom. The topological polar surface area (TPSA) is 71.2 Å². The van der Waals surface area contributed by atoms with Gasteiger partial charge in [0.05, 0.1) is 6.61 Å². The van der Waals surface area contributed by atoms with Crippen LogP contribution in [0.2, 0.25) is 0 Å². The molecule has 0 bridgehead atoms. The van der Waals surface area contributed by atoms with Gasteiger partial charge in [-0.15, -0.1) is 0 Å². The summed E-state index contributed by atoms with van der Waals surface area (Å²) in [5.41, 5.74) is 1.66. The number of hydrogen-bond donors (Lipinski definition) is 2. The Bertz CT molecular complexity index is 660. The number of rotatable bonds is 4. The van der Waals surface area contributed by atoms with Crippen LogP contribution in [-0.2, 0) is 0 Å². The first-order valence-electron chi connectivity index (χ1n) is 6.33. The first kappa shape index (κ1) is 13.9. The Morgan fingerprint density at radius 2 is 2.00 bits per heavy atom. The second-order valence-electron chi connectivity index (χ2n) is 4.33. The number of carbonyl (C=O) groups is 1. The van der Waals surface area contributed by atoms with Gasteiger partial charge in [0.25, 0.3) is 5.91 Å². The minimum Gasteiger partial charge on any atom is -0.488 e. The molecular formula is C15H16N2O3. The normalized spacial score (nSPS) is 10.1. The lowest BCUT2D eigenvalue weighted by molar-refractivity contribution is 0.102. The Kier molecular flexibility index (Phi) is 4.20. The second-order valence-corrected chi connectivity index (χ2v) is 4.33. The smallest absolute Gasteiger partial charge is 0.272 e. The molecular weight excluding hydrogens is 256 g/mol. The molecule has 0 aliphatic carbocycles. The van der Waals surface area contributed by atoms with Crippen molar-refractivity contribution in [2.75, 3.05) is 11.9 Å². The minimum absolute atomic E-state index is 0.194. The summed E-state index contributed by atoms with van der Waals surface area (Å²) in [4.78, 5) is 26.5. The minimum atomic E-state index is -0.367. The van der Waals surface area contributed by atoms with E-state index in [1.807, 2.05) is 19.1 Å². The van der Waals surface area contributed by atoms with E-state index in [4.69, 9.17) is 4.74 Å². The van der Waals surface area contributed by atoms with Crippen LogP contribution in [0.25, 0.3) is 0 Å². The first-order chi connectivity index (χ1) is 9.60. The van der Waals surface area contributed by atoms with Crippen molar-refractivity contribution in [3.63, 3.8) is 0 Å². The molecule has 0 saturated carbocycles. The highest BCUT2D eigenvalue weighted by Gasteiger charge is 2.09. The number of hydrogen-bond acceptors (Lipinski definition) is 3. The monoisotopic (exact) mass is 272 g/mol. The standard InChI is InChI=1S/C15H16N2O3/c1-3-20-14-9-16-12(8-13(14)18)15(19)17-11-6-4-10(2)5-7-11/h4-9H,3H2,1-2H3,(H,16,18)(H,17,19). The molecule has 2 N–H and O–H groups in total. The van der Waals surface area contributed by atoms with Crippen molar-refractivity contribution in [1.29, 1.82) is 0 Å². The lowest BCUT2D eigenvalue weighted by Gasteiger charge is -2.06. The molecule has 20 heavy (non-hydrogen) atoms. The molecule has 1 aromatic carbocycles. The van der Waals surface area contributed by atoms with E-state index in [0.29, 0.717) is 12.3 Å². The van der Waals surface area contributed by atoms with E-state index >= 15 is 0 Å². The van der Waals surface area contributed by atoms with Crippen LogP contribution in [0.1, 0.15) is 23.0 Å². The molecule has 0 saturated heterocycles. The van der Waals surface area contributed by atoms with E-state index in [9.17, 15) is 9.59 Å². The predicted molar refractivity (Wildman–Crippen MR) is 77.4 cm³/mol. The molecule has 0 aliphatic heterocycles. The Hall–Kier alpha value is -2.56. The Morgan fingerprint density at radius 1 is 1.30 bits per heavy atom. The molecule has 0 spiro atoms. The maximum atomic E-state index is 12.0. The number of nitrogens with one attached hydrogen (secondary N) is 2. The van der Waals surface area contributed by atoms with Crippen molar-refractivity contribution in [1.82, 2.24) is 4.98 Å². The van der Waals surface area contributed by atoms with Crippen molar-refractivity contribution < 1.29 is 9.53 Å². The molecule has 1 aromatic heterocycles. The van der Waals surface area contributed by atoms with Gasteiger partial charge in [0.2, 0.25) is 5.43 Å². The molecule has 1 amide bonds. The van der Waals surface area contributed by atoms with E-state index in [1.165, 1.54) is 12.3 Å². The van der Waals surface area contributed by atoms with Gasteiger partial charge >= 0.3 is 0 Å². The van der Waals surface area contributed by atoms with Crippen LogP contribution >= 0.6 is 0 Å². The van der Waals surface area contributed by atoms with Gasteiger partial charge in [-0.05, 0) is 26.0 Å². The Balaban J connectivity index is 2.15. The van der Waals surface area contributed by atoms with E-state index < -0.39 is 0 Å². The molecule has 0 radical (unpaired) electrons. The van der Waals surface area contributed by atoms with Crippen molar-refractivity contribution >= 4 is 11.6 Å². The highest BCUT2D eigenvalue weighted by molar-refractivity contribution is 6.02. The highest BCUT2D eigenvalue weighted by atomic mass is 16.5. The van der Waals surface area contributed by atoms with Crippen LogP contribution in [0.5, 0.6) is 5.75 Å². The van der Waals surface area contributed by atoms with Crippen LogP contribution in [-0.4, -0.2) is 17.5 Å². The zero-order valence-electron chi connectivity index (χ0n) is 11.4. The summed E-state index contributed by atoms with van der Waals surface area (Å²) in [6.07, 6.45) is 1.40. The summed E-state index contributed by atoms with van der Waals surface area (Å²) in [6, 6.07) is 8.64. The number of aryl methyl sites for hydroxylation is 1. The summed E-state index contributed by atoms with van der Waals surface area (Å²) in [6.45, 7) is 4.16. The van der Waals surface area contributed by atoms with Gasteiger partial charge in [-0.2, -0.15) is 0 Å². The van der Waals surface area contributed by atoms with Gasteiger partial charge in [-0.25, -0.2) is 0 Å². The fourth-order valence-corrected chi connectivity index (χ4v) is 1.69. The lowest BCUT2D eigenvalue weighted by Crippen LogP contribution is -2.17. The maximum absolute atomic E-state index is 12.0. The van der Waals surface area contributed by atoms with Crippen LogP contribution in [0.4, 0.5) is 5.69 Å².